The maximum absolute atomic E-state index is 13.1. The molecule has 3 aromatic rings. The Balaban J connectivity index is 1.61. The van der Waals surface area contributed by atoms with Crippen LogP contribution in [0.4, 0.5) is 11.4 Å². The highest BCUT2D eigenvalue weighted by atomic mass is 32.1. The summed E-state index contributed by atoms with van der Waals surface area (Å²) in [6.07, 6.45) is 3.22. The molecule has 2 heterocycles. The van der Waals surface area contributed by atoms with E-state index in [2.05, 4.69) is 5.32 Å². The lowest BCUT2D eigenvalue weighted by Gasteiger charge is -2.19. The summed E-state index contributed by atoms with van der Waals surface area (Å²) < 4.78 is 5.97. The number of hydrogen-bond acceptors (Lipinski definition) is 4. The van der Waals surface area contributed by atoms with Crippen LogP contribution in [0, 0.1) is 0 Å². The van der Waals surface area contributed by atoms with Crippen LogP contribution in [0.1, 0.15) is 22.8 Å². The molecule has 0 aliphatic carbocycles. The maximum atomic E-state index is 13.1. The average Bonchev–Trinajstić information content (AvgIpc) is 3.19. The first-order chi connectivity index (χ1) is 13.7. The van der Waals surface area contributed by atoms with Crippen molar-refractivity contribution < 1.29 is 14.3 Å². The normalized spacial score (nSPS) is 12.9. The van der Waals surface area contributed by atoms with Gasteiger partial charge in [-0.25, -0.2) is 0 Å². The van der Waals surface area contributed by atoms with Crippen LogP contribution in [-0.2, 0) is 4.79 Å². The Kier molecular flexibility index (Phi) is 4.95. The number of thiophene rings is 1. The lowest BCUT2D eigenvalue weighted by molar-refractivity contribution is -0.111. The van der Waals surface area contributed by atoms with E-state index in [1.54, 1.807) is 40.5 Å². The SMILES string of the molecule is CCN1C(=O)c2cc(NC(=O)/C=C/c3ccsc3)ccc2Oc2ccccc21. The summed E-state index contributed by atoms with van der Waals surface area (Å²) >= 11 is 1.57. The molecule has 0 spiro atoms. The maximum Gasteiger partial charge on any atom is 0.262 e. The number of nitrogens with one attached hydrogen (secondary N) is 1. The number of benzene rings is 2. The zero-order valence-corrected chi connectivity index (χ0v) is 16.0. The van der Waals surface area contributed by atoms with Crippen LogP contribution in [0.3, 0.4) is 0 Å². The van der Waals surface area contributed by atoms with Gasteiger partial charge in [-0.1, -0.05) is 12.1 Å². The lowest BCUT2D eigenvalue weighted by atomic mass is 10.1. The largest absolute Gasteiger partial charge is 0.454 e. The second kappa shape index (κ2) is 7.70. The number of carbonyl (C=O) groups excluding carboxylic acids is 2. The van der Waals surface area contributed by atoms with E-state index in [1.165, 1.54) is 6.08 Å². The number of amides is 2. The zero-order chi connectivity index (χ0) is 19.5. The van der Waals surface area contributed by atoms with Gasteiger partial charge in [-0.2, -0.15) is 11.3 Å². The van der Waals surface area contributed by atoms with Crippen molar-refractivity contribution in [2.24, 2.45) is 0 Å². The van der Waals surface area contributed by atoms with E-state index in [0.29, 0.717) is 29.3 Å². The number of hydrogen-bond donors (Lipinski definition) is 1. The molecule has 0 unspecified atom stereocenters. The van der Waals surface area contributed by atoms with Crippen molar-refractivity contribution in [1.29, 1.82) is 0 Å². The van der Waals surface area contributed by atoms with Gasteiger partial charge in [0, 0.05) is 18.3 Å². The smallest absolute Gasteiger partial charge is 0.262 e. The quantitative estimate of drug-likeness (QED) is 0.625. The molecule has 28 heavy (non-hydrogen) atoms. The van der Waals surface area contributed by atoms with E-state index in [4.69, 9.17) is 4.74 Å². The Bertz CT molecular complexity index is 1060. The molecule has 0 atom stereocenters. The molecule has 2 amide bonds. The van der Waals surface area contributed by atoms with Crippen molar-refractivity contribution in [2.75, 3.05) is 16.8 Å². The minimum atomic E-state index is -0.260. The monoisotopic (exact) mass is 390 g/mol. The highest BCUT2D eigenvalue weighted by Crippen LogP contribution is 2.39. The first-order valence-electron chi connectivity index (χ1n) is 8.90. The first-order valence-corrected chi connectivity index (χ1v) is 9.84. The molecule has 0 fully saturated rings. The van der Waals surface area contributed by atoms with Gasteiger partial charge in [-0.3, -0.25) is 9.59 Å². The van der Waals surface area contributed by atoms with E-state index in [0.717, 1.165) is 11.3 Å². The van der Waals surface area contributed by atoms with Crippen molar-refractivity contribution in [3.05, 3.63) is 76.5 Å². The van der Waals surface area contributed by atoms with Gasteiger partial charge in [0.25, 0.3) is 5.91 Å². The Morgan fingerprint density at radius 3 is 2.82 bits per heavy atom. The highest BCUT2D eigenvalue weighted by Gasteiger charge is 2.27. The minimum Gasteiger partial charge on any atom is -0.454 e. The predicted molar refractivity (Wildman–Crippen MR) is 112 cm³/mol. The minimum absolute atomic E-state index is 0.160. The summed E-state index contributed by atoms with van der Waals surface area (Å²) in [5.74, 6) is 0.684. The van der Waals surface area contributed by atoms with Crippen molar-refractivity contribution in [1.82, 2.24) is 0 Å². The fourth-order valence-corrected chi connectivity index (χ4v) is 3.67. The number of fused-ring (bicyclic) bond motifs is 2. The summed E-state index contributed by atoms with van der Waals surface area (Å²) in [6, 6.07) is 14.5. The van der Waals surface area contributed by atoms with Crippen LogP contribution in [0.15, 0.2) is 65.4 Å². The van der Waals surface area contributed by atoms with E-state index in [-0.39, 0.29) is 11.8 Å². The fourth-order valence-electron chi connectivity index (χ4n) is 3.04. The molecule has 1 N–H and O–H groups in total. The molecule has 1 aliphatic heterocycles. The summed E-state index contributed by atoms with van der Waals surface area (Å²) in [5.41, 5.74) is 2.66. The number of rotatable bonds is 4. The van der Waals surface area contributed by atoms with Crippen LogP contribution >= 0.6 is 11.3 Å². The fraction of sp³-hybridized carbons (Fsp3) is 0.0909. The molecule has 1 aromatic heterocycles. The lowest BCUT2D eigenvalue weighted by Crippen LogP contribution is -2.29. The third-order valence-corrected chi connectivity index (χ3v) is 5.09. The Labute approximate surface area is 166 Å². The Hall–Kier alpha value is -3.38. The third-order valence-electron chi connectivity index (χ3n) is 4.39. The molecule has 0 radical (unpaired) electrons. The van der Waals surface area contributed by atoms with Gasteiger partial charge >= 0.3 is 0 Å². The number of para-hydroxylation sites is 2. The first kappa shape index (κ1) is 18.0. The molecule has 5 nitrogen and oxygen atoms in total. The molecule has 0 bridgehead atoms. The Morgan fingerprint density at radius 1 is 1.18 bits per heavy atom. The highest BCUT2D eigenvalue weighted by molar-refractivity contribution is 7.08. The molecule has 140 valence electrons. The van der Waals surface area contributed by atoms with Gasteiger partial charge in [0.2, 0.25) is 5.91 Å². The summed E-state index contributed by atoms with van der Waals surface area (Å²) in [4.78, 5) is 26.9. The summed E-state index contributed by atoms with van der Waals surface area (Å²) in [6.45, 7) is 2.43. The number of nitrogens with zero attached hydrogens (tertiary/aromatic N) is 1. The van der Waals surface area contributed by atoms with E-state index >= 15 is 0 Å². The number of carbonyl (C=O) groups is 2. The molecule has 4 rings (SSSR count). The van der Waals surface area contributed by atoms with Gasteiger partial charge in [0.15, 0.2) is 5.75 Å². The van der Waals surface area contributed by atoms with Crippen molar-refractivity contribution in [2.45, 2.75) is 6.92 Å². The summed E-state index contributed by atoms with van der Waals surface area (Å²) in [5, 5.41) is 6.71. The van der Waals surface area contributed by atoms with Gasteiger partial charge in [-0.05, 0) is 65.7 Å². The second-order valence-corrected chi connectivity index (χ2v) is 6.99. The second-order valence-electron chi connectivity index (χ2n) is 6.21. The number of ether oxygens (including phenoxy) is 1. The van der Waals surface area contributed by atoms with Crippen LogP contribution < -0.4 is 15.0 Å². The molecular weight excluding hydrogens is 372 g/mol. The average molecular weight is 390 g/mol. The third kappa shape index (κ3) is 3.54. The Morgan fingerprint density at radius 2 is 2.04 bits per heavy atom. The van der Waals surface area contributed by atoms with Gasteiger partial charge in [0.1, 0.15) is 5.75 Å². The van der Waals surface area contributed by atoms with Crippen LogP contribution in [0.2, 0.25) is 0 Å². The summed E-state index contributed by atoms with van der Waals surface area (Å²) in [7, 11) is 0. The van der Waals surface area contributed by atoms with Crippen molar-refractivity contribution in [3.63, 3.8) is 0 Å². The van der Waals surface area contributed by atoms with Gasteiger partial charge in [-0.15, -0.1) is 0 Å². The molecule has 0 saturated carbocycles. The van der Waals surface area contributed by atoms with Crippen LogP contribution in [-0.4, -0.2) is 18.4 Å². The molecular formula is C22H18N2O3S. The van der Waals surface area contributed by atoms with Crippen molar-refractivity contribution >= 4 is 40.6 Å². The molecule has 2 aromatic carbocycles. The van der Waals surface area contributed by atoms with E-state index in [9.17, 15) is 9.59 Å². The molecule has 1 aliphatic rings. The van der Waals surface area contributed by atoms with Gasteiger partial charge < -0.3 is 15.0 Å². The zero-order valence-electron chi connectivity index (χ0n) is 15.2. The van der Waals surface area contributed by atoms with Gasteiger partial charge in [0.05, 0.1) is 11.3 Å². The van der Waals surface area contributed by atoms with Crippen molar-refractivity contribution in [3.8, 4) is 11.5 Å². The van der Waals surface area contributed by atoms with Crippen LogP contribution in [0.5, 0.6) is 11.5 Å². The predicted octanol–water partition coefficient (Wildman–Crippen LogP) is 5.17. The number of anilines is 2. The van der Waals surface area contributed by atoms with E-state index in [1.807, 2.05) is 48.0 Å². The standard InChI is InChI=1S/C22H18N2O3S/c1-2-24-18-5-3-4-6-20(18)27-19-9-8-16(13-17(19)22(24)26)23-21(25)10-7-15-11-12-28-14-15/h3-14H,2H2,1H3,(H,23,25)/b10-7+. The van der Waals surface area contributed by atoms with E-state index < -0.39 is 0 Å². The topological polar surface area (TPSA) is 58.6 Å². The molecule has 6 heteroatoms. The van der Waals surface area contributed by atoms with Crippen LogP contribution in [0.25, 0.3) is 6.08 Å². The molecule has 0 saturated heterocycles.